The molecule has 0 aromatic heterocycles. The summed E-state index contributed by atoms with van der Waals surface area (Å²) in [5.41, 5.74) is -1.11. The lowest BCUT2D eigenvalue weighted by atomic mass is 10.1. The number of amides is 2. The van der Waals surface area contributed by atoms with Crippen LogP contribution < -0.4 is 0 Å². The Labute approximate surface area is 117 Å². The molecule has 8 nitrogen and oxygen atoms in total. The van der Waals surface area contributed by atoms with E-state index in [-0.39, 0.29) is 24.0 Å². The van der Waals surface area contributed by atoms with Crippen molar-refractivity contribution in [1.82, 2.24) is 5.06 Å². The molecule has 1 saturated heterocycles. The van der Waals surface area contributed by atoms with Crippen LogP contribution in [0.3, 0.4) is 0 Å². The van der Waals surface area contributed by atoms with Crippen molar-refractivity contribution in [2.24, 2.45) is 0 Å². The molecular weight excluding hydrogens is 287 g/mol. The van der Waals surface area contributed by atoms with Gasteiger partial charge in [-0.2, -0.15) is 4.39 Å². The van der Waals surface area contributed by atoms with E-state index in [1.165, 1.54) is 6.92 Å². The van der Waals surface area contributed by atoms with Crippen molar-refractivity contribution in [3.8, 4) is 0 Å². The van der Waals surface area contributed by atoms with Crippen LogP contribution in [0.5, 0.6) is 0 Å². The number of imide groups is 1. The summed E-state index contributed by atoms with van der Waals surface area (Å²) in [6.07, 6.45) is -0.149. The maximum absolute atomic E-state index is 13.4. The van der Waals surface area contributed by atoms with Crippen LogP contribution in [0.2, 0.25) is 0 Å². The number of rotatable bonds is 3. The highest BCUT2D eigenvalue weighted by atomic mass is 19.1. The highest BCUT2D eigenvalue weighted by molar-refractivity contribution is 6.03. The standard InChI is InChI=1S/C12H9FN2O6/c1-6-4-8(13)9(15(19)20)5-7(6)12(18)21-14-10(16)2-3-11(14)17/h4-5H,2-3H2,1H3. The Hall–Kier alpha value is -2.84. The molecule has 9 heteroatoms. The molecule has 110 valence electrons. The summed E-state index contributed by atoms with van der Waals surface area (Å²) in [4.78, 5) is 48.8. The Morgan fingerprint density at radius 3 is 2.43 bits per heavy atom. The van der Waals surface area contributed by atoms with Crippen LogP contribution in [-0.2, 0) is 14.4 Å². The van der Waals surface area contributed by atoms with E-state index < -0.39 is 34.2 Å². The van der Waals surface area contributed by atoms with Crippen LogP contribution in [0, 0.1) is 22.9 Å². The summed E-state index contributed by atoms with van der Waals surface area (Å²) in [5, 5.41) is 11.0. The molecule has 1 aliphatic rings. The van der Waals surface area contributed by atoms with Gasteiger partial charge in [0.25, 0.3) is 11.8 Å². The number of aryl methyl sites for hydroxylation is 1. The molecule has 2 amide bonds. The minimum Gasteiger partial charge on any atom is -0.325 e. The number of benzene rings is 1. The number of hydrogen-bond acceptors (Lipinski definition) is 6. The van der Waals surface area contributed by atoms with Gasteiger partial charge in [0, 0.05) is 18.9 Å². The number of hydrogen-bond donors (Lipinski definition) is 0. The first-order chi connectivity index (χ1) is 9.81. The number of halogens is 1. The topological polar surface area (TPSA) is 107 Å². The fourth-order valence-electron chi connectivity index (χ4n) is 1.81. The van der Waals surface area contributed by atoms with Gasteiger partial charge in [0.1, 0.15) is 0 Å². The second-order valence-electron chi connectivity index (χ2n) is 4.34. The normalized spacial score (nSPS) is 14.5. The van der Waals surface area contributed by atoms with Gasteiger partial charge >= 0.3 is 11.7 Å². The minimum absolute atomic E-state index is 0.0747. The van der Waals surface area contributed by atoms with Crippen LogP contribution in [0.1, 0.15) is 28.8 Å². The lowest BCUT2D eigenvalue weighted by Gasteiger charge is -2.13. The highest BCUT2D eigenvalue weighted by Gasteiger charge is 2.34. The van der Waals surface area contributed by atoms with E-state index >= 15 is 0 Å². The van der Waals surface area contributed by atoms with Crippen LogP contribution in [0.25, 0.3) is 0 Å². The monoisotopic (exact) mass is 296 g/mol. The average molecular weight is 296 g/mol. The lowest BCUT2D eigenvalue weighted by Crippen LogP contribution is -2.32. The molecular formula is C12H9FN2O6. The molecule has 0 aliphatic carbocycles. The number of carbonyl (C=O) groups excluding carboxylic acids is 3. The van der Waals surface area contributed by atoms with E-state index in [4.69, 9.17) is 0 Å². The van der Waals surface area contributed by atoms with Gasteiger partial charge in [0.05, 0.1) is 10.5 Å². The van der Waals surface area contributed by atoms with Crippen molar-refractivity contribution >= 4 is 23.5 Å². The zero-order valence-electron chi connectivity index (χ0n) is 10.8. The number of nitrogens with zero attached hydrogens (tertiary/aromatic N) is 2. The molecule has 0 N–H and O–H groups in total. The molecule has 1 aromatic rings. The second kappa shape index (κ2) is 5.27. The summed E-state index contributed by atoms with van der Waals surface area (Å²) in [6, 6.07) is 1.51. The number of hydroxylamine groups is 2. The molecule has 0 spiro atoms. The molecule has 1 heterocycles. The van der Waals surface area contributed by atoms with Crippen LogP contribution >= 0.6 is 0 Å². The summed E-state index contributed by atoms with van der Waals surface area (Å²) in [5.74, 6) is -3.59. The van der Waals surface area contributed by atoms with Crippen molar-refractivity contribution in [2.75, 3.05) is 0 Å². The van der Waals surface area contributed by atoms with Crippen LogP contribution in [0.4, 0.5) is 10.1 Å². The predicted molar refractivity (Wildman–Crippen MR) is 64.3 cm³/mol. The SMILES string of the molecule is Cc1cc(F)c([N+](=O)[O-])cc1C(=O)ON1C(=O)CCC1=O. The van der Waals surface area contributed by atoms with Gasteiger partial charge in [0.15, 0.2) is 0 Å². The van der Waals surface area contributed by atoms with Gasteiger partial charge in [-0.25, -0.2) is 4.79 Å². The Bertz CT molecular complexity index is 656. The van der Waals surface area contributed by atoms with Crippen molar-refractivity contribution in [3.05, 3.63) is 39.2 Å². The summed E-state index contributed by atoms with van der Waals surface area (Å²) in [6.45, 7) is 1.34. The van der Waals surface area contributed by atoms with E-state index in [1.807, 2.05) is 0 Å². The summed E-state index contributed by atoms with van der Waals surface area (Å²) in [7, 11) is 0. The largest absolute Gasteiger partial charge is 0.364 e. The first-order valence-electron chi connectivity index (χ1n) is 5.84. The summed E-state index contributed by atoms with van der Waals surface area (Å²) >= 11 is 0. The van der Waals surface area contributed by atoms with Gasteiger partial charge in [-0.05, 0) is 18.6 Å². The number of nitro groups is 1. The Balaban J connectivity index is 2.31. The fraction of sp³-hybridized carbons (Fsp3) is 0.250. The Kier molecular flexibility index (Phi) is 3.66. The van der Waals surface area contributed by atoms with Crippen LogP contribution in [-0.4, -0.2) is 27.8 Å². The zero-order chi connectivity index (χ0) is 15.7. The van der Waals surface area contributed by atoms with Crippen LogP contribution in [0.15, 0.2) is 12.1 Å². The molecule has 0 unspecified atom stereocenters. The molecule has 0 atom stereocenters. The third-order valence-electron chi connectivity index (χ3n) is 2.89. The van der Waals surface area contributed by atoms with Crippen molar-refractivity contribution in [1.29, 1.82) is 0 Å². The smallest absolute Gasteiger partial charge is 0.325 e. The molecule has 1 aliphatic heterocycles. The van der Waals surface area contributed by atoms with Gasteiger partial charge in [-0.3, -0.25) is 19.7 Å². The molecule has 1 fully saturated rings. The maximum atomic E-state index is 13.4. The van der Waals surface area contributed by atoms with E-state index in [0.29, 0.717) is 11.1 Å². The maximum Gasteiger partial charge on any atom is 0.364 e. The predicted octanol–water partition coefficient (Wildman–Crippen LogP) is 1.26. The van der Waals surface area contributed by atoms with E-state index in [0.717, 1.165) is 6.07 Å². The molecule has 0 radical (unpaired) electrons. The lowest BCUT2D eigenvalue weighted by molar-refractivity contribution is -0.387. The van der Waals surface area contributed by atoms with Gasteiger partial charge in [0.2, 0.25) is 5.82 Å². The molecule has 2 rings (SSSR count). The minimum atomic E-state index is -1.14. The third kappa shape index (κ3) is 2.71. The Morgan fingerprint density at radius 1 is 1.33 bits per heavy atom. The van der Waals surface area contributed by atoms with Gasteiger partial charge in [-0.1, -0.05) is 0 Å². The highest BCUT2D eigenvalue weighted by Crippen LogP contribution is 2.23. The quantitative estimate of drug-likeness (QED) is 0.472. The summed E-state index contributed by atoms with van der Waals surface area (Å²) < 4.78 is 13.4. The number of nitro benzene ring substituents is 1. The molecule has 21 heavy (non-hydrogen) atoms. The first-order valence-corrected chi connectivity index (χ1v) is 5.84. The van der Waals surface area contributed by atoms with Crippen molar-refractivity contribution in [2.45, 2.75) is 19.8 Å². The molecule has 0 saturated carbocycles. The zero-order valence-corrected chi connectivity index (χ0v) is 10.8. The number of carbonyl (C=O) groups is 3. The Morgan fingerprint density at radius 2 is 1.90 bits per heavy atom. The van der Waals surface area contributed by atoms with E-state index in [9.17, 15) is 28.9 Å². The van der Waals surface area contributed by atoms with Crippen molar-refractivity contribution in [3.63, 3.8) is 0 Å². The fourth-order valence-corrected chi connectivity index (χ4v) is 1.81. The van der Waals surface area contributed by atoms with Gasteiger partial charge < -0.3 is 4.84 Å². The molecule has 1 aromatic carbocycles. The second-order valence-corrected chi connectivity index (χ2v) is 4.34. The van der Waals surface area contributed by atoms with E-state index in [2.05, 4.69) is 4.84 Å². The average Bonchev–Trinajstić information content (AvgIpc) is 2.70. The third-order valence-corrected chi connectivity index (χ3v) is 2.89. The van der Waals surface area contributed by atoms with Gasteiger partial charge in [-0.15, -0.1) is 5.06 Å². The van der Waals surface area contributed by atoms with Crippen molar-refractivity contribution < 1.29 is 28.5 Å². The first kappa shape index (κ1) is 14.6. The molecule has 0 bridgehead atoms. The van der Waals surface area contributed by atoms with E-state index in [1.54, 1.807) is 0 Å².